The lowest BCUT2D eigenvalue weighted by molar-refractivity contribution is 0.101. The molecule has 122 valence electrons. The first kappa shape index (κ1) is 15.5. The minimum absolute atomic E-state index is 0.105. The molecule has 3 aromatic carbocycles. The van der Waals surface area contributed by atoms with Gasteiger partial charge in [-0.05, 0) is 36.8 Å². The van der Waals surface area contributed by atoms with E-state index < -0.39 is 0 Å². The molecule has 0 aliphatic heterocycles. The first-order chi connectivity index (χ1) is 12.2. The Bertz CT molecular complexity index is 1060. The Labute approximate surface area is 147 Å². The smallest absolute Gasteiger partial charge is 0.159 e. The summed E-state index contributed by atoms with van der Waals surface area (Å²) in [4.78, 5) is 16.3. The lowest BCUT2D eigenvalue weighted by Crippen LogP contribution is -1.98. The second-order valence-electron chi connectivity index (χ2n) is 6.37. The van der Waals surface area contributed by atoms with Crippen molar-refractivity contribution in [3.05, 3.63) is 89.6 Å². The Hall–Kier alpha value is -3.00. The van der Waals surface area contributed by atoms with Crippen LogP contribution in [-0.2, 0) is 12.8 Å². The zero-order valence-corrected chi connectivity index (χ0v) is 14.2. The van der Waals surface area contributed by atoms with Gasteiger partial charge in [-0.25, -0.2) is 0 Å². The molecule has 2 heteroatoms. The van der Waals surface area contributed by atoms with Gasteiger partial charge in [-0.2, -0.15) is 0 Å². The Balaban J connectivity index is 1.69. The number of Topliss-reactive ketones (excluding diaryl/α,β-unsaturated/α-hetero) is 1. The summed E-state index contributed by atoms with van der Waals surface area (Å²) in [6, 6.07) is 24.7. The Morgan fingerprint density at radius 3 is 2.12 bits per heavy atom. The quantitative estimate of drug-likeness (QED) is 0.373. The number of benzene rings is 3. The van der Waals surface area contributed by atoms with Crippen molar-refractivity contribution in [1.29, 1.82) is 0 Å². The fourth-order valence-electron chi connectivity index (χ4n) is 3.33. The van der Waals surface area contributed by atoms with Gasteiger partial charge >= 0.3 is 0 Å². The third-order valence-electron chi connectivity index (χ3n) is 4.70. The first-order valence-electron chi connectivity index (χ1n) is 8.58. The van der Waals surface area contributed by atoms with Crippen molar-refractivity contribution in [1.82, 2.24) is 4.98 Å². The van der Waals surface area contributed by atoms with E-state index in [1.807, 2.05) is 30.3 Å². The van der Waals surface area contributed by atoms with Gasteiger partial charge in [-0.3, -0.25) is 9.78 Å². The van der Waals surface area contributed by atoms with Gasteiger partial charge in [0.2, 0.25) is 0 Å². The lowest BCUT2D eigenvalue weighted by atomic mass is 9.99. The van der Waals surface area contributed by atoms with Crippen LogP contribution in [0.1, 0.15) is 28.5 Å². The van der Waals surface area contributed by atoms with Crippen LogP contribution in [0.2, 0.25) is 0 Å². The van der Waals surface area contributed by atoms with E-state index in [1.54, 1.807) is 6.92 Å². The SMILES string of the molecule is CC(=O)c1ccc(CCc2nc3ccccc3c3ccccc23)cc1. The number of aryl methyl sites for hydroxylation is 2. The van der Waals surface area contributed by atoms with Crippen molar-refractivity contribution in [3.8, 4) is 0 Å². The highest BCUT2D eigenvalue weighted by Crippen LogP contribution is 2.27. The Morgan fingerprint density at radius 1 is 0.760 bits per heavy atom. The Morgan fingerprint density at radius 2 is 1.40 bits per heavy atom. The number of pyridine rings is 1. The molecule has 0 fully saturated rings. The molecule has 0 aliphatic rings. The van der Waals surface area contributed by atoms with E-state index in [9.17, 15) is 4.79 Å². The summed E-state index contributed by atoms with van der Waals surface area (Å²) >= 11 is 0. The number of hydrogen-bond donors (Lipinski definition) is 0. The van der Waals surface area contributed by atoms with E-state index in [0.29, 0.717) is 0 Å². The molecular weight excluding hydrogens is 306 g/mol. The van der Waals surface area contributed by atoms with Gasteiger partial charge in [0.25, 0.3) is 0 Å². The molecule has 4 aromatic rings. The normalized spacial score (nSPS) is 11.1. The number of carbonyl (C=O) groups is 1. The summed E-state index contributed by atoms with van der Waals surface area (Å²) in [6.45, 7) is 1.60. The molecule has 4 rings (SSSR count). The van der Waals surface area contributed by atoms with Crippen LogP contribution >= 0.6 is 0 Å². The minimum atomic E-state index is 0.105. The van der Waals surface area contributed by atoms with E-state index in [1.165, 1.54) is 21.7 Å². The van der Waals surface area contributed by atoms with E-state index in [-0.39, 0.29) is 5.78 Å². The topological polar surface area (TPSA) is 30.0 Å². The number of carbonyl (C=O) groups excluding carboxylic acids is 1. The highest BCUT2D eigenvalue weighted by molar-refractivity contribution is 6.06. The summed E-state index contributed by atoms with van der Waals surface area (Å²) in [7, 11) is 0. The summed E-state index contributed by atoms with van der Waals surface area (Å²) in [5.74, 6) is 0.105. The minimum Gasteiger partial charge on any atom is -0.295 e. The molecule has 0 unspecified atom stereocenters. The molecule has 1 heterocycles. The van der Waals surface area contributed by atoms with Gasteiger partial charge in [0, 0.05) is 22.0 Å². The second kappa shape index (κ2) is 6.48. The van der Waals surface area contributed by atoms with Crippen LogP contribution < -0.4 is 0 Å². The van der Waals surface area contributed by atoms with E-state index in [0.717, 1.165) is 29.6 Å². The van der Waals surface area contributed by atoms with Gasteiger partial charge in [0.15, 0.2) is 5.78 Å². The van der Waals surface area contributed by atoms with E-state index in [2.05, 4.69) is 42.5 Å². The van der Waals surface area contributed by atoms with Crippen molar-refractivity contribution >= 4 is 27.5 Å². The number of para-hydroxylation sites is 1. The van der Waals surface area contributed by atoms with E-state index in [4.69, 9.17) is 4.98 Å². The summed E-state index contributed by atoms with van der Waals surface area (Å²) in [6.07, 6.45) is 1.79. The third-order valence-corrected chi connectivity index (χ3v) is 4.70. The number of ketones is 1. The molecule has 2 nitrogen and oxygen atoms in total. The van der Waals surface area contributed by atoms with Crippen molar-refractivity contribution in [3.63, 3.8) is 0 Å². The molecule has 0 atom stereocenters. The largest absolute Gasteiger partial charge is 0.295 e. The fourth-order valence-corrected chi connectivity index (χ4v) is 3.33. The highest BCUT2D eigenvalue weighted by atomic mass is 16.1. The van der Waals surface area contributed by atoms with Gasteiger partial charge < -0.3 is 0 Å². The first-order valence-corrected chi connectivity index (χ1v) is 8.58. The third kappa shape index (κ3) is 3.03. The molecule has 0 saturated carbocycles. The number of aromatic nitrogens is 1. The fraction of sp³-hybridized carbons (Fsp3) is 0.130. The van der Waals surface area contributed by atoms with Crippen molar-refractivity contribution < 1.29 is 4.79 Å². The van der Waals surface area contributed by atoms with Crippen LogP contribution in [-0.4, -0.2) is 10.8 Å². The highest BCUT2D eigenvalue weighted by Gasteiger charge is 2.08. The van der Waals surface area contributed by atoms with Gasteiger partial charge in [-0.1, -0.05) is 66.7 Å². The summed E-state index contributed by atoms with van der Waals surface area (Å²) in [5.41, 5.74) is 4.16. The Kier molecular flexibility index (Phi) is 4.02. The molecule has 0 N–H and O–H groups in total. The summed E-state index contributed by atoms with van der Waals surface area (Å²) in [5, 5.41) is 3.68. The number of fused-ring (bicyclic) bond motifs is 3. The van der Waals surface area contributed by atoms with Crippen LogP contribution in [0.5, 0.6) is 0 Å². The van der Waals surface area contributed by atoms with Crippen molar-refractivity contribution in [2.24, 2.45) is 0 Å². The average Bonchev–Trinajstić information content (AvgIpc) is 2.66. The van der Waals surface area contributed by atoms with Crippen molar-refractivity contribution in [2.75, 3.05) is 0 Å². The average molecular weight is 325 g/mol. The second-order valence-corrected chi connectivity index (χ2v) is 6.37. The van der Waals surface area contributed by atoms with Gasteiger partial charge in [-0.15, -0.1) is 0 Å². The molecule has 0 aliphatic carbocycles. The number of hydrogen-bond acceptors (Lipinski definition) is 2. The molecule has 0 spiro atoms. The summed E-state index contributed by atoms with van der Waals surface area (Å²) < 4.78 is 0. The van der Waals surface area contributed by atoms with Crippen LogP contribution in [0.3, 0.4) is 0 Å². The number of nitrogens with zero attached hydrogens (tertiary/aromatic N) is 1. The monoisotopic (exact) mass is 325 g/mol. The molecular formula is C23H19NO. The van der Waals surface area contributed by atoms with E-state index >= 15 is 0 Å². The standard InChI is InChI=1S/C23H19NO/c1-16(25)18-13-10-17(11-14-18)12-15-23-21-7-3-2-6-19(21)20-8-4-5-9-22(20)24-23/h2-11,13-14H,12,15H2,1H3. The maximum Gasteiger partial charge on any atom is 0.159 e. The van der Waals surface area contributed by atoms with Crippen molar-refractivity contribution in [2.45, 2.75) is 19.8 Å². The molecule has 1 aromatic heterocycles. The predicted molar refractivity (Wildman–Crippen MR) is 103 cm³/mol. The number of rotatable bonds is 4. The molecule has 0 amide bonds. The zero-order valence-electron chi connectivity index (χ0n) is 14.2. The van der Waals surface area contributed by atoms with Gasteiger partial charge in [0.05, 0.1) is 5.52 Å². The van der Waals surface area contributed by atoms with Crippen LogP contribution in [0.4, 0.5) is 0 Å². The van der Waals surface area contributed by atoms with Gasteiger partial charge in [0.1, 0.15) is 0 Å². The maximum absolute atomic E-state index is 11.4. The maximum atomic E-state index is 11.4. The molecule has 25 heavy (non-hydrogen) atoms. The molecule has 0 radical (unpaired) electrons. The van der Waals surface area contributed by atoms with Crippen LogP contribution in [0.25, 0.3) is 21.7 Å². The molecule has 0 bridgehead atoms. The molecule has 0 saturated heterocycles. The lowest BCUT2D eigenvalue weighted by Gasteiger charge is -2.10. The predicted octanol–water partition coefficient (Wildman–Crippen LogP) is 5.38. The van der Waals surface area contributed by atoms with Crippen LogP contribution in [0.15, 0.2) is 72.8 Å². The zero-order chi connectivity index (χ0) is 17.2. The van der Waals surface area contributed by atoms with Crippen LogP contribution in [0, 0.1) is 0 Å².